The van der Waals surface area contributed by atoms with Crippen LogP contribution in [0.3, 0.4) is 0 Å². The van der Waals surface area contributed by atoms with Gasteiger partial charge in [0.15, 0.2) is 9.84 Å². The molecule has 2 atom stereocenters. The van der Waals surface area contributed by atoms with Gasteiger partial charge in [0, 0.05) is 10.9 Å². The summed E-state index contributed by atoms with van der Waals surface area (Å²) in [5.74, 6) is 0.238. The number of amides is 1. The highest BCUT2D eigenvalue weighted by atomic mass is 32.2. The fourth-order valence-corrected chi connectivity index (χ4v) is 5.41. The van der Waals surface area contributed by atoms with Crippen molar-refractivity contribution >= 4 is 27.5 Å². The number of carbonyl (C=O) groups excluding carboxylic acids is 1. The molecule has 1 amide bonds. The van der Waals surface area contributed by atoms with E-state index in [1.165, 1.54) is 5.56 Å². The lowest BCUT2D eigenvalue weighted by Gasteiger charge is -2.14. The Morgan fingerprint density at radius 1 is 1.32 bits per heavy atom. The Balaban J connectivity index is 1.62. The molecule has 1 N–H and O–H groups in total. The van der Waals surface area contributed by atoms with Crippen molar-refractivity contribution in [2.24, 2.45) is 0 Å². The van der Waals surface area contributed by atoms with Crippen LogP contribution in [0.15, 0.2) is 29.2 Å². The Bertz CT molecular complexity index is 587. The first kappa shape index (κ1) is 13.0. The van der Waals surface area contributed by atoms with Gasteiger partial charge in [0.2, 0.25) is 5.91 Å². The van der Waals surface area contributed by atoms with E-state index >= 15 is 0 Å². The quantitative estimate of drug-likeness (QED) is 0.885. The first-order valence-corrected chi connectivity index (χ1v) is 8.99. The van der Waals surface area contributed by atoms with Crippen LogP contribution in [0, 0.1) is 0 Å². The number of fused-ring (bicyclic) bond motifs is 1. The van der Waals surface area contributed by atoms with E-state index in [0.717, 1.165) is 11.3 Å². The van der Waals surface area contributed by atoms with E-state index in [1.54, 1.807) is 11.8 Å². The van der Waals surface area contributed by atoms with Crippen molar-refractivity contribution in [1.29, 1.82) is 0 Å². The molecule has 1 aromatic carbocycles. The molecule has 0 aromatic heterocycles. The molecule has 6 heteroatoms. The summed E-state index contributed by atoms with van der Waals surface area (Å²) >= 11 is 1.57. The van der Waals surface area contributed by atoms with Crippen molar-refractivity contribution in [2.75, 3.05) is 11.5 Å². The monoisotopic (exact) mass is 297 g/mol. The smallest absolute Gasteiger partial charge is 0.234 e. The van der Waals surface area contributed by atoms with Crippen LogP contribution >= 0.6 is 11.8 Å². The second-order valence-corrected chi connectivity index (χ2v) is 8.50. The topological polar surface area (TPSA) is 63.2 Å². The number of hydrogen-bond acceptors (Lipinski definition) is 4. The Labute approximate surface area is 116 Å². The zero-order valence-electron chi connectivity index (χ0n) is 10.3. The van der Waals surface area contributed by atoms with Crippen molar-refractivity contribution in [3.63, 3.8) is 0 Å². The lowest BCUT2D eigenvalue weighted by Crippen LogP contribution is -2.40. The maximum absolute atomic E-state index is 12.2. The molecule has 19 heavy (non-hydrogen) atoms. The third-order valence-electron chi connectivity index (χ3n) is 3.52. The van der Waals surface area contributed by atoms with Gasteiger partial charge in [0.25, 0.3) is 0 Å². The largest absolute Gasteiger partial charge is 0.351 e. The Morgan fingerprint density at radius 2 is 2.11 bits per heavy atom. The summed E-state index contributed by atoms with van der Waals surface area (Å²) in [7, 11) is -2.94. The van der Waals surface area contributed by atoms with Crippen LogP contribution in [0.2, 0.25) is 0 Å². The molecule has 2 aliphatic rings. The summed E-state index contributed by atoms with van der Waals surface area (Å²) in [6.07, 6.45) is 1.27. The molecule has 4 nitrogen and oxygen atoms in total. The van der Waals surface area contributed by atoms with Crippen LogP contribution in [-0.4, -0.2) is 37.1 Å². The maximum Gasteiger partial charge on any atom is 0.234 e. The summed E-state index contributed by atoms with van der Waals surface area (Å²) in [4.78, 5) is 13.3. The van der Waals surface area contributed by atoms with Gasteiger partial charge < -0.3 is 5.32 Å². The maximum atomic E-state index is 12.2. The fraction of sp³-hybridized carbons (Fsp3) is 0.462. The molecule has 0 spiro atoms. The van der Waals surface area contributed by atoms with Crippen molar-refractivity contribution in [3.05, 3.63) is 29.8 Å². The molecule has 2 heterocycles. The Morgan fingerprint density at radius 3 is 2.79 bits per heavy atom. The summed E-state index contributed by atoms with van der Waals surface area (Å²) in [5, 5.41) is 2.75. The van der Waals surface area contributed by atoms with Crippen LogP contribution in [0.1, 0.15) is 12.0 Å². The summed E-state index contributed by atoms with van der Waals surface area (Å²) in [5.41, 5.74) is 1.20. The lowest BCUT2D eigenvalue weighted by atomic mass is 10.1. The van der Waals surface area contributed by atoms with Crippen LogP contribution in [-0.2, 0) is 21.1 Å². The minimum absolute atomic E-state index is 0.0386. The third-order valence-corrected chi connectivity index (χ3v) is 6.60. The average molecular weight is 297 g/mol. The van der Waals surface area contributed by atoms with E-state index in [0.29, 0.717) is 6.42 Å². The SMILES string of the molecule is O=C(N[C@@H]1CCS(=O)(=O)C1)[C@@H]1Cc2ccccc2S1. The highest BCUT2D eigenvalue weighted by molar-refractivity contribution is 8.01. The summed E-state index contributed by atoms with van der Waals surface area (Å²) < 4.78 is 22.7. The van der Waals surface area contributed by atoms with Crippen LogP contribution < -0.4 is 5.32 Å². The number of thioether (sulfide) groups is 1. The first-order valence-electron chi connectivity index (χ1n) is 6.29. The van der Waals surface area contributed by atoms with Crippen molar-refractivity contribution in [2.45, 2.75) is 29.0 Å². The number of nitrogens with one attached hydrogen (secondary N) is 1. The molecule has 0 saturated carbocycles. The van der Waals surface area contributed by atoms with Gasteiger partial charge in [-0.2, -0.15) is 0 Å². The second kappa shape index (κ2) is 4.83. The van der Waals surface area contributed by atoms with E-state index < -0.39 is 9.84 Å². The summed E-state index contributed by atoms with van der Waals surface area (Å²) in [6, 6.07) is 7.80. The van der Waals surface area contributed by atoms with Gasteiger partial charge >= 0.3 is 0 Å². The third kappa shape index (κ3) is 2.79. The molecule has 102 valence electrons. The predicted octanol–water partition coefficient (Wildman–Crippen LogP) is 1.01. The van der Waals surface area contributed by atoms with E-state index in [1.807, 2.05) is 24.3 Å². The first-order chi connectivity index (χ1) is 9.03. The Hall–Kier alpha value is -1.01. The molecule has 1 saturated heterocycles. The van der Waals surface area contributed by atoms with Gasteiger partial charge in [0.1, 0.15) is 0 Å². The zero-order valence-corrected chi connectivity index (χ0v) is 12.0. The number of sulfone groups is 1. The van der Waals surface area contributed by atoms with Gasteiger partial charge in [-0.15, -0.1) is 11.8 Å². The van der Waals surface area contributed by atoms with E-state index in [2.05, 4.69) is 5.32 Å². The van der Waals surface area contributed by atoms with Gasteiger partial charge in [-0.25, -0.2) is 8.42 Å². The van der Waals surface area contributed by atoms with E-state index in [4.69, 9.17) is 0 Å². The van der Waals surface area contributed by atoms with Crippen LogP contribution in [0.25, 0.3) is 0 Å². The van der Waals surface area contributed by atoms with E-state index in [-0.39, 0.29) is 28.7 Å². The lowest BCUT2D eigenvalue weighted by molar-refractivity contribution is -0.121. The van der Waals surface area contributed by atoms with Gasteiger partial charge in [-0.3, -0.25) is 4.79 Å². The normalized spacial score (nSPS) is 28.0. The molecular weight excluding hydrogens is 282 g/mol. The predicted molar refractivity (Wildman–Crippen MR) is 75.0 cm³/mol. The van der Waals surface area contributed by atoms with E-state index in [9.17, 15) is 13.2 Å². The van der Waals surface area contributed by atoms with Crippen molar-refractivity contribution in [3.8, 4) is 0 Å². The van der Waals surface area contributed by atoms with Gasteiger partial charge in [-0.05, 0) is 24.5 Å². The molecule has 0 unspecified atom stereocenters. The number of hydrogen-bond donors (Lipinski definition) is 1. The van der Waals surface area contributed by atoms with Crippen molar-refractivity contribution in [1.82, 2.24) is 5.32 Å². The molecule has 2 aliphatic heterocycles. The molecule has 3 rings (SSSR count). The van der Waals surface area contributed by atoms with Crippen LogP contribution in [0.4, 0.5) is 0 Å². The Kier molecular flexibility index (Phi) is 3.30. The second-order valence-electron chi connectivity index (χ2n) is 5.03. The minimum Gasteiger partial charge on any atom is -0.351 e. The molecule has 0 radical (unpaired) electrons. The molecule has 0 bridgehead atoms. The number of rotatable bonds is 2. The highest BCUT2D eigenvalue weighted by Crippen LogP contribution is 2.36. The zero-order chi connectivity index (χ0) is 13.5. The van der Waals surface area contributed by atoms with Crippen molar-refractivity contribution < 1.29 is 13.2 Å². The summed E-state index contributed by atoms with van der Waals surface area (Å²) in [6.45, 7) is 0. The van der Waals surface area contributed by atoms with Gasteiger partial charge in [0.05, 0.1) is 16.8 Å². The molecular formula is C13H15NO3S2. The van der Waals surface area contributed by atoms with Gasteiger partial charge in [-0.1, -0.05) is 18.2 Å². The number of benzene rings is 1. The highest BCUT2D eigenvalue weighted by Gasteiger charge is 2.33. The molecule has 1 aromatic rings. The standard InChI is InChI=1S/C13H15NO3S2/c15-13(14-10-5-6-19(16,17)8-10)12-7-9-3-1-2-4-11(9)18-12/h1-4,10,12H,5-8H2,(H,14,15)/t10-,12+/m1/s1. The molecule has 1 fully saturated rings. The van der Waals surface area contributed by atoms with Crippen LogP contribution in [0.5, 0.6) is 0 Å². The fourth-order valence-electron chi connectivity index (χ4n) is 2.53. The average Bonchev–Trinajstić information content (AvgIpc) is 2.92. The number of carbonyl (C=O) groups is 1. The molecule has 0 aliphatic carbocycles. The minimum atomic E-state index is -2.94.